The van der Waals surface area contributed by atoms with Crippen molar-refractivity contribution >= 4 is 16.7 Å². The molecule has 2 saturated heterocycles. The fourth-order valence-electron chi connectivity index (χ4n) is 4.15. The summed E-state index contributed by atoms with van der Waals surface area (Å²) in [5, 5.41) is 1.17. The second-order valence-corrected chi connectivity index (χ2v) is 7.59. The molecule has 28 heavy (non-hydrogen) atoms. The van der Waals surface area contributed by atoms with Gasteiger partial charge in [-0.2, -0.15) is 0 Å². The van der Waals surface area contributed by atoms with Gasteiger partial charge in [0.05, 0.1) is 18.2 Å². The summed E-state index contributed by atoms with van der Waals surface area (Å²) in [4.78, 5) is 11.6. The average molecular weight is 375 g/mol. The Labute approximate surface area is 165 Å². The van der Waals surface area contributed by atoms with E-state index < -0.39 is 0 Å². The minimum absolute atomic E-state index is 0.108. The fraction of sp³-hybridized carbons (Fsp3) is 0.391. The summed E-state index contributed by atoms with van der Waals surface area (Å²) >= 11 is 0. The summed E-state index contributed by atoms with van der Waals surface area (Å²) in [6.07, 6.45) is 6.38. The molecule has 144 valence electrons. The van der Waals surface area contributed by atoms with Gasteiger partial charge in [-0.3, -0.25) is 0 Å². The lowest BCUT2D eigenvalue weighted by molar-refractivity contribution is 0.0121. The predicted octanol–water partition coefficient (Wildman–Crippen LogP) is 4.53. The maximum absolute atomic E-state index is 6.34. The van der Waals surface area contributed by atoms with Crippen LogP contribution in [0.25, 0.3) is 10.9 Å². The van der Waals surface area contributed by atoms with Crippen LogP contribution < -0.4 is 9.64 Å². The third-order valence-corrected chi connectivity index (χ3v) is 5.66. The molecule has 2 aliphatic heterocycles. The molecular weight excluding hydrogens is 350 g/mol. The van der Waals surface area contributed by atoms with Crippen molar-refractivity contribution in [3.8, 4) is 5.88 Å². The number of rotatable bonds is 4. The van der Waals surface area contributed by atoms with Crippen LogP contribution in [0.4, 0.5) is 5.82 Å². The molecule has 5 heteroatoms. The zero-order valence-corrected chi connectivity index (χ0v) is 16.0. The van der Waals surface area contributed by atoms with Crippen LogP contribution >= 0.6 is 0 Å². The Morgan fingerprint density at radius 3 is 2.89 bits per heavy atom. The number of nitrogens with zero attached hydrogens (tertiary/aromatic N) is 3. The number of benzene rings is 1. The number of anilines is 1. The molecule has 2 aromatic heterocycles. The highest BCUT2D eigenvalue weighted by molar-refractivity contribution is 5.80. The number of fused-ring (bicyclic) bond motifs is 1. The van der Waals surface area contributed by atoms with Crippen molar-refractivity contribution in [1.29, 1.82) is 0 Å². The van der Waals surface area contributed by atoms with E-state index in [1.54, 1.807) is 6.20 Å². The third kappa shape index (κ3) is 3.54. The van der Waals surface area contributed by atoms with Crippen LogP contribution in [-0.2, 0) is 4.74 Å². The van der Waals surface area contributed by atoms with Crippen LogP contribution in [0, 0.1) is 0 Å². The molecule has 0 spiro atoms. The summed E-state index contributed by atoms with van der Waals surface area (Å²) in [6, 6.07) is 16.5. The first-order valence-corrected chi connectivity index (χ1v) is 10.2. The minimum Gasteiger partial charge on any atom is -0.472 e. The molecule has 0 aliphatic carbocycles. The number of hydrogen-bond donors (Lipinski definition) is 0. The van der Waals surface area contributed by atoms with E-state index in [1.165, 1.54) is 11.8 Å². The van der Waals surface area contributed by atoms with E-state index >= 15 is 0 Å². The molecule has 4 heterocycles. The van der Waals surface area contributed by atoms with E-state index in [4.69, 9.17) is 14.5 Å². The Balaban J connectivity index is 1.30. The van der Waals surface area contributed by atoms with Crippen LogP contribution in [0.2, 0.25) is 0 Å². The Kier molecular flexibility index (Phi) is 4.83. The number of hydrogen-bond acceptors (Lipinski definition) is 5. The standard InChI is InChI=1S/C23H25N3O2/c1-2-8-20-17(6-1)10-11-22(25-20)26-14-12-18(16-26)28-23-19(7-5-13-24-23)21-9-3-4-15-27-21/h1-2,5-8,10-11,13,18,21H,3-4,9,12,14-16H2. The molecule has 0 radical (unpaired) electrons. The van der Waals surface area contributed by atoms with Crippen molar-refractivity contribution in [3.63, 3.8) is 0 Å². The molecule has 2 atom stereocenters. The van der Waals surface area contributed by atoms with Gasteiger partial charge in [0, 0.05) is 36.7 Å². The molecule has 0 amide bonds. The van der Waals surface area contributed by atoms with Crippen molar-refractivity contribution in [1.82, 2.24) is 9.97 Å². The number of ether oxygens (including phenoxy) is 2. The average Bonchev–Trinajstić information content (AvgIpc) is 3.23. The van der Waals surface area contributed by atoms with Gasteiger partial charge in [-0.1, -0.05) is 18.2 Å². The van der Waals surface area contributed by atoms with Crippen LogP contribution in [0.3, 0.4) is 0 Å². The zero-order valence-electron chi connectivity index (χ0n) is 16.0. The van der Waals surface area contributed by atoms with Gasteiger partial charge in [-0.15, -0.1) is 0 Å². The SMILES string of the molecule is c1cnc(OC2CCN(c3ccc4ccccc4n3)C2)c(C2CCCCO2)c1. The lowest BCUT2D eigenvalue weighted by atomic mass is 10.0. The molecule has 0 bridgehead atoms. The monoisotopic (exact) mass is 375 g/mol. The van der Waals surface area contributed by atoms with Crippen molar-refractivity contribution in [2.24, 2.45) is 0 Å². The highest BCUT2D eigenvalue weighted by Gasteiger charge is 2.28. The first-order valence-electron chi connectivity index (χ1n) is 10.2. The van der Waals surface area contributed by atoms with Gasteiger partial charge in [-0.25, -0.2) is 9.97 Å². The first-order chi connectivity index (χ1) is 13.9. The highest BCUT2D eigenvalue weighted by atomic mass is 16.5. The number of para-hydroxylation sites is 1. The first kappa shape index (κ1) is 17.4. The van der Waals surface area contributed by atoms with E-state index in [2.05, 4.69) is 40.2 Å². The fourth-order valence-corrected chi connectivity index (χ4v) is 4.15. The lowest BCUT2D eigenvalue weighted by Crippen LogP contribution is -2.26. The lowest BCUT2D eigenvalue weighted by Gasteiger charge is -2.25. The second-order valence-electron chi connectivity index (χ2n) is 7.59. The summed E-state index contributed by atoms with van der Waals surface area (Å²) in [6.45, 7) is 2.59. The van der Waals surface area contributed by atoms with Crippen molar-refractivity contribution in [3.05, 3.63) is 60.3 Å². The van der Waals surface area contributed by atoms with Crippen molar-refractivity contribution < 1.29 is 9.47 Å². The van der Waals surface area contributed by atoms with Crippen LogP contribution in [0.15, 0.2) is 54.7 Å². The molecule has 0 saturated carbocycles. The molecule has 5 nitrogen and oxygen atoms in total. The van der Waals surface area contributed by atoms with Gasteiger partial charge >= 0.3 is 0 Å². The van der Waals surface area contributed by atoms with Crippen molar-refractivity contribution in [2.75, 3.05) is 24.6 Å². The summed E-state index contributed by atoms with van der Waals surface area (Å²) < 4.78 is 12.3. The van der Waals surface area contributed by atoms with E-state index in [0.29, 0.717) is 0 Å². The van der Waals surface area contributed by atoms with Gasteiger partial charge in [-0.05, 0) is 49.6 Å². The van der Waals surface area contributed by atoms with Crippen LogP contribution in [-0.4, -0.2) is 35.8 Å². The maximum Gasteiger partial charge on any atom is 0.219 e. The third-order valence-electron chi connectivity index (χ3n) is 5.66. The Bertz CT molecular complexity index is 955. The molecule has 0 N–H and O–H groups in total. The molecule has 1 aromatic carbocycles. The zero-order chi connectivity index (χ0) is 18.8. The Morgan fingerprint density at radius 2 is 1.96 bits per heavy atom. The largest absolute Gasteiger partial charge is 0.472 e. The summed E-state index contributed by atoms with van der Waals surface area (Å²) in [5.41, 5.74) is 2.12. The van der Waals surface area contributed by atoms with Gasteiger partial charge in [0.25, 0.3) is 0 Å². The van der Waals surface area contributed by atoms with Gasteiger partial charge in [0.1, 0.15) is 11.9 Å². The number of aromatic nitrogens is 2. The molecule has 2 aliphatic rings. The second kappa shape index (κ2) is 7.76. The molecular formula is C23H25N3O2. The van der Waals surface area contributed by atoms with Crippen LogP contribution in [0.5, 0.6) is 5.88 Å². The predicted molar refractivity (Wildman–Crippen MR) is 110 cm³/mol. The quantitative estimate of drug-likeness (QED) is 0.670. The topological polar surface area (TPSA) is 47.5 Å². The number of pyridine rings is 2. The van der Waals surface area contributed by atoms with Gasteiger partial charge in [0.15, 0.2) is 0 Å². The maximum atomic E-state index is 6.34. The van der Waals surface area contributed by atoms with E-state index in [0.717, 1.165) is 61.7 Å². The van der Waals surface area contributed by atoms with Crippen LogP contribution in [0.1, 0.15) is 37.4 Å². The van der Waals surface area contributed by atoms with E-state index in [1.807, 2.05) is 18.2 Å². The highest BCUT2D eigenvalue weighted by Crippen LogP contribution is 2.34. The molecule has 2 unspecified atom stereocenters. The Hall–Kier alpha value is -2.66. The van der Waals surface area contributed by atoms with E-state index in [-0.39, 0.29) is 12.2 Å². The van der Waals surface area contributed by atoms with Crippen molar-refractivity contribution in [2.45, 2.75) is 37.9 Å². The summed E-state index contributed by atoms with van der Waals surface area (Å²) in [5.74, 6) is 1.74. The van der Waals surface area contributed by atoms with Gasteiger partial charge < -0.3 is 14.4 Å². The van der Waals surface area contributed by atoms with E-state index in [9.17, 15) is 0 Å². The molecule has 5 rings (SSSR count). The van der Waals surface area contributed by atoms with Gasteiger partial charge in [0.2, 0.25) is 5.88 Å². The molecule has 2 fully saturated rings. The molecule has 3 aromatic rings. The summed E-state index contributed by atoms with van der Waals surface area (Å²) in [7, 11) is 0. The Morgan fingerprint density at radius 1 is 1.00 bits per heavy atom. The smallest absolute Gasteiger partial charge is 0.219 e. The minimum atomic E-state index is 0.108. The normalized spacial score (nSPS) is 22.5.